The Hall–Kier alpha value is -1.20. The lowest BCUT2D eigenvalue weighted by Gasteiger charge is -2.37. The lowest BCUT2D eigenvalue weighted by Crippen LogP contribution is -2.48. The van der Waals surface area contributed by atoms with Gasteiger partial charge in [-0.1, -0.05) is 0 Å². The zero-order valence-electron chi connectivity index (χ0n) is 10.7. The van der Waals surface area contributed by atoms with Crippen LogP contribution in [0.5, 0.6) is 0 Å². The van der Waals surface area contributed by atoms with E-state index in [1.165, 1.54) is 0 Å². The smallest absolute Gasteiger partial charge is 0.226 e. The van der Waals surface area contributed by atoms with E-state index in [9.17, 15) is 0 Å². The quantitative estimate of drug-likeness (QED) is 0.825. The number of hydrogen-bond acceptors (Lipinski definition) is 5. The molecule has 5 heteroatoms. The van der Waals surface area contributed by atoms with Crippen LogP contribution < -0.4 is 10.6 Å². The summed E-state index contributed by atoms with van der Waals surface area (Å²) in [4.78, 5) is 11.2. The summed E-state index contributed by atoms with van der Waals surface area (Å²) < 4.78 is 5.61. The van der Waals surface area contributed by atoms with Crippen molar-refractivity contribution in [3.8, 4) is 0 Å². The molecule has 1 aromatic rings. The highest BCUT2D eigenvalue weighted by molar-refractivity contribution is 5.34. The lowest BCUT2D eigenvalue weighted by atomic mass is 10.2. The van der Waals surface area contributed by atoms with Crippen molar-refractivity contribution in [3.63, 3.8) is 0 Å². The average Bonchev–Trinajstić information content (AvgIpc) is 2.31. The molecule has 2 N–H and O–H groups in total. The minimum absolute atomic E-state index is 0.219. The first-order valence-corrected chi connectivity index (χ1v) is 6.03. The molecule has 5 nitrogen and oxygen atoms in total. The maximum absolute atomic E-state index is 5.65. The van der Waals surface area contributed by atoms with Crippen LogP contribution in [0.4, 0.5) is 5.95 Å². The van der Waals surface area contributed by atoms with Gasteiger partial charge in [-0.2, -0.15) is 0 Å². The van der Waals surface area contributed by atoms with Crippen LogP contribution in [0.3, 0.4) is 0 Å². The van der Waals surface area contributed by atoms with Crippen LogP contribution in [0.25, 0.3) is 0 Å². The van der Waals surface area contributed by atoms with Crippen molar-refractivity contribution in [1.82, 2.24) is 9.97 Å². The van der Waals surface area contributed by atoms with Gasteiger partial charge in [-0.15, -0.1) is 0 Å². The number of rotatable bonds is 2. The first-order valence-electron chi connectivity index (χ1n) is 6.03. The van der Waals surface area contributed by atoms with Gasteiger partial charge < -0.3 is 15.4 Å². The van der Waals surface area contributed by atoms with E-state index in [0.29, 0.717) is 12.6 Å². The minimum Gasteiger partial charge on any atom is -0.375 e. The fraction of sp³-hybridized carbons (Fsp3) is 0.667. The highest BCUT2D eigenvalue weighted by Gasteiger charge is 2.25. The van der Waals surface area contributed by atoms with Gasteiger partial charge in [-0.05, 0) is 26.8 Å². The highest BCUT2D eigenvalue weighted by Crippen LogP contribution is 2.18. The number of nitrogens with two attached hydrogens (primary N) is 1. The molecular formula is C12H20N4O. The molecule has 2 unspecified atom stereocenters. The molecule has 0 bridgehead atoms. The summed E-state index contributed by atoms with van der Waals surface area (Å²) in [6.07, 6.45) is 0.219. The molecule has 0 aromatic carbocycles. The first kappa shape index (κ1) is 12.3. The molecular weight excluding hydrogens is 216 g/mol. The number of hydrogen-bond donors (Lipinski definition) is 1. The number of anilines is 1. The number of nitrogens with zero attached hydrogens (tertiary/aromatic N) is 3. The monoisotopic (exact) mass is 236 g/mol. The first-order chi connectivity index (χ1) is 8.10. The van der Waals surface area contributed by atoms with Crippen molar-refractivity contribution in [1.29, 1.82) is 0 Å². The molecule has 0 aliphatic carbocycles. The fourth-order valence-corrected chi connectivity index (χ4v) is 2.03. The molecule has 1 saturated heterocycles. The lowest BCUT2D eigenvalue weighted by molar-refractivity contribution is 0.0336. The second kappa shape index (κ2) is 4.98. The van der Waals surface area contributed by atoms with Crippen LogP contribution in [-0.4, -0.2) is 35.3 Å². The Morgan fingerprint density at radius 3 is 2.94 bits per heavy atom. The van der Waals surface area contributed by atoms with Gasteiger partial charge in [0, 0.05) is 18.8 Å². The van der Waals surface area contributed by atoms with Crippen molar-refractivity contribution in [2.24, 2.45) is 5.73 Å². The fourth-order valence-electron chi connectivity index (χ4n) is 2.03. The molecule has 2 heterocycles. The molecule has 94 valence electrons. The third kappa shape index (κ3) is 2.73. The van der Waals surface area contributed by atoms with Gasteiger partial charge in [-0.25, -0.2) is 9.97 Å². The van der Waals surface area contributed by atoms with Crippen molar-refractivity contribution in [3.05, 3.63) is 17.5 Å². The van der Waals surface area contributed by atoms with E-state index in [1.54, 1.807) is 0 Å². The van der Waals surface area contributed by atoms with E-state index in [4.69, 9.17) is 10.5 Å². The van der Waals surface area contributed by atoms with E-state index in [-0.39, 0.29) is 6.10 Å². The molecule has 0 amide bonds. The summed E-state index contributed by atoms with van der Waals surface area (Å²) >= 11 is 0. The third-order valence-corrected chi connectivity index (χ3v) is 2.97. The Labute approximate surface area is 102 Å². The van der Waals surface area contributed by atoms with E-state index < -0.39 is 0 Å². The van der Waals surface area contributed by atoms with Crippen LogP contribution >= 0.6 is 0 Å². The van der Waals surface area contributed by atoms with E-state index in [0.717, 1.165) is 30.5 Å². The van der Waals surface area contributed by atoms with Gasteiger partial charge in [0.05, 0.1) is 24.4 Å². The van der Waals surface area contributed by atoms with E-state index in [1.807, 2.05) is 13.0 Å². The van der Waals surface area contributed by atoms with Crippen LogP contribution in [-0.2, 0) is 11.3 Å². The molecule has 1 fully saturated rings. The maximum Gasteiger partial charge on any atom is 0.226 e. The van der Waals surface area contributed by atoms with Crippen LogP contribution in [0, 0.1) is 6.92 Å². The molecule has 17 heavy (non-hydrogen) atoms. The largest absolute Gasteiger partial charge is 0.375 e. The minimum atomic E-state index is 0.219. The van der Waals surface area contributed by atoms with Crippen molar-refractivity contribution >= 4 is 5.95 Å². The van der Waals surface area contributed by atoms with Gasteiger partial charge in [0.25, 0.3) is 0 Å². The third-order valence-electron chi connectivity index (χ3n) is 2.97. The second-order valence-corrected chi connectivity index (χ2v) is 4.65. The Balaban J connectivity index is 2.28. The zero-order valence-corrected chi connectivity index (χ0v) is 10.7. The van der Waals surface area contributed by atoms with E-state index >= 15 is 0 Å². The molecule has 0 radical (unpaired) electrons. The van der Waals surface area contributed by atoms with Crippen molar-refractivity contribution < 1.29 is 4.74 Å². The van der Waals surface area contributed by atoms with Gasteiger partial charge in [-0.3, -0.25) is 0 Å². The molecule has 0 saturated carbocycles. The van der Waals surface area contributed by atoms with Gasteiger partial charge in [0.1, 0.15) is 0 Å². The molecule has 1 aliphatic rings. The standard InChI is InChI=1S/C12H20N4O/c1-8-4-11(5-13)15-12(14-8)16-6-10(3)17-7-9(16)2/h4,9-10H,5-7,13H2,1-3H3. The van der Waals surface area contributed by atoms with Crippen molar-refractivity contribution in [2.45, 2.75) is 39.5 Å². The topological polar surface area (TPSA) is 64.3 Å². The Bertz CT molecular complexity index is 396. The summed E-state index contributed by atoms with van der Waals surface area (Å²) in [6, 6.07) is 2.23. The SMILES string of the molecule is Cc1cc(CN)nc(N2CC(C)OCC2C)n1. The number of aryl methyl sites for hydroxylation is 1. The normalized spacial score (nSPS) is 25.1. The molecule has 1 aliphatic heterocycles. The van der Waals surface area contributed by atoms with Gasteiger partial charge in [0.15, 0.2) is 0 Å². The van der Waals surface area contributed by atoms with Crippen LogP contribution in [0.1, 0.15) is 25.2 Å². The Morgan fingerprint density at radius 1 is 1.47 bits per heavy atom. The Morgan fingerprint density at radius 2 is 2.24 bits per heavy atom. The highest BCUT2D eigenvalue weighted by atomic mass is 16.5. The average molecular weight is 236 g/mol. The zero-order chi connectivity index (χ0) is 12.4. The Kier molecular flexibility index (Phi) is 3.59. The summed E-state index contributed by atoms with van der Waals surface area (Å²) in [5, 5.41) is 0. The predicted molar refractivity (Wildman–Crippen MR) is 66.9 cm³/mol. The summed E-state index contributed by atoms with van der Waals surface area (Å²) in [6.45, 7) is 8.16. The van der Waals surface area contributed by atoms with Gasteiger partial charge >= 0.3 is 0 Å². The number of morpholine rings is 1. The molecule has 2 rings (SSSR count). The summed E-state index contributed by atoms with van der Waals surface area (Å²) in [5.74, 6) is 0.771. The van der Waals surface area contributed by atoms with Crippen LogP contribution in [0.15, 0.2) is 6.07 Å². The van der Waals surface area contributed by atoms with Crippen molar-refractivity contribution in [2.75, 3.05) is 18.1 Å². The molecule has 2 atom stereocenters. The molecule has 1 aromatic heterocycles. The van der Waals surface area contributed by atoms with E-state index in [2.05, 4.69) is 28.7 Å². The predicted octanol–water partition coefficient (Wildman–Crippen LogP) is 0.857. The maximum atomic E-state index is 5.65. The summed E-state index contributed by atoms with van der Waals surface area (Å²) in [7, 11) is 0. The second-order valence-electron chi connectivity index (χ2n) is 4.65. The van der Waals surface area contributed by atoms with Gasteiger partial charge in [0.2, 0.25) is 5.95 Å². The number of aromatic nitrogens is 2. The van der Waals surface area contributed by atoms with Crippen LogP contribution in [0.2, 0.25) is 0 Å². The molecule has 0 spiro atoms. The summed E-state index contributed by atoms with van der Waals surface area (Å²) in [5.41, 5.74) is 7.49. The number of ether oxygens (including phenoxy) is 1.